The lowest BCUT2D eigenvalue weighted by atomic mass is 10.2. The highest BCUT2D eigenvalue weighted by Gasteiger charge is 2.17. The van der Waals surface area contributed by atoms with E-state index in [1.165, 1.54) is 12.1 Å². The normalized spacial score (nSPS) is 12.2. The van der Waals surface area contributed by atoms with Crippen LogP contribution in [0.3, 0.4) is 0 Å². The van der Waals surface area contributed by atoms with Crippen molar-refractivity contribution in [2.45, 2.75) is 19.9 Å². The Kier molecular flexibility index (Phi) is 4.20. The number of nitrogens with one attached hydrogen (secondary N) is 1. The molecular formula is C13H12Cl2N2O3. The minimum absolute atomic E-state index is 0.146. The smallest absolute Gasteiger partial charge is 0.272 e. The second-order valence-electron chi connectivity index (χ2n) is 4.36. The third-order valence-electron chi connectivity index (χ3n) is 2.79. The van der Waals surface area contributed by atoms with Gasteiger partial charge in [0.25, 0.3) is 5.69 Å². The van der Waals surface area contributed by atoms with Gasteiger partial charge in [-0.1, -0.05) is 23.2 Å². The van der Waals surface area contributed by atoms with E-state index < -0.39 is 4.92 Å². The first kappa shape index (κ1) is 14.7. The van der Waals surface area contributed by atoms with Gasteiger partial charge in [-0.3, -0.25) is 10.1 Å². The molecule has 2 aromatic rings. The number of hydrogen-bond acceptors (Lipinski definition) is 4. The fourth-order valence-electron chi connectivity index (χ4n) is 1.78. The summed E-state index contributed by atoms with van der Waals surface area (Å²) in [7, 11) is 0. The van der Waals surface area contributed by atoms with Crippen LogP contribution >= 0.6 is 23.2 Å². The number of nitrogens with zero attached hydrogens (tertiary/aromatic N) is 1. The molecule has 5 nitrogen and oxygen atoms in total. The van der Waals surface area contributed by atoms with Crippen LogP contribution in [0.2, 0.25) is 10.0 Å². The molecule has 1 unspecified atom stereocenters. The van der Waals surface area contributed by atoms with Gasteiger partial charge in [0.1, 0.15) is 11.5 Å². The van der Waals surface area contributed by atoms with E-state index in [0.717, 1.165) is 11.5 Å². The van der Waals surface area contributed by atoms with Crippen molar-refractivity contribution in [2.75, 3.05) is 5.32 Å². The van der Waals surface area contributed by atoms with Crippen LogP contribution < -0.4 is 5.32 Å². The SMILES string of the molecule is Cc1ccc(C(C)Nc2c(Cl)cc([N+](=O)[O-])cc2Cl)o1. The van der Waals surface area contributed by atoms with E-state index in [1.54, 1.807) is 0 Å². The number of aryl methyl sites for hydroxylation is 1. The third kappa shape index (κ3) is 3.05. The minimum atomic E-state index is -0.541. The monoisotopic (exact) mass is 314 g/mol. The second-order valence-corrected chi connectivity index (χ2v) is 5.17. The lowest BCUT2D eigenvalue weighted by molar-refractivity contribution is -0.384. The van der Waals surface area contributed by atoms with Gasteiger partial charge in [0.15, 0.2) is 0 Å². The molecule has 0 fully saturated rings. The van der Waals surface area contributed by atoms with E-state index >= 15 is 0 Å². The molecule has 2 rings (SSSR count). The number of furan rings is 1. The maximum absolute atomic E-state index is 10.7. The lowest BCUT2D eigenvalue weighted by Crippen LogP contribution is -2.06. The van der Waals surface area contributed by atoms with Gasteiger partial charge in [-0.05, 0) is 26.0 Å². The molecule has 0 saturated heterocycles. The Bertz CT molecular complexity index is 632. The van der Waals surface area contributed by atoms with Gasteiger partial charge in [0, 0.05) is 12.1 Å². The van der Waals surface area contributed by atoms with Gasteiger partial charge in [-0.2, -0.15) is 0 Å². The summed E-state index contributed by atoms with van der Waals surface area (Å²) in [4.78, 5) is 10.2. The highest BCUT2D eigenvalue weighted by molar-refractivity contribution is 6.39. The fourth-order valence-corrected chi connectivity index (χ4v) is 2.36. The van der Waals surface area contributed by atoms with Crippen LogP contribution in [0.5, 0.6) is 0 Å². The standard InChI is InChI=1S/C13H12Cl2N2O3/c1-7-3-4-12(20-7)8(2)16-13-10(14)5-9(17(18)19)6-11(13)15/h3-6,8,16H,1-2H3. The van der Waals surface area contributed by atoms with Gasteiger partial charge in [0.2, 0.25) is 0 Å². The summed E-state index contributed by atoms with van der Waals surface area (Å²) < 4.78 is 5.50. The molecule has 1 aromatic heterocycles. The molecule has 106 valence electrons. The zero-order valence-corrected chi connectivity index (χ0v) is 12.3. The van der Waals surface area contributed by atoms with Gasteiger partial charge in [0.05, 0.1) is 26.7 Å². The molecule has 1 aromatic carbocycles. The zero-order valence-electron chi connectivity index (χ0n) is 10.8. The zero-order chi connectivity index (χ0) is 14.9. The average molecular weight is 315 g/mol. The third-order valence-corrected chi connectivity index (χ3v) is 3.38. The number of rotatable bonds is 4. The Morgan fingerprint density at radius 3 is 2.35 bits per heavy atom. The van der Waals surface area contributed by atoms with E-state index in [1.807, 2.05) is 26.0 Å². The van der Waals surface area contributed by atoms with Crippen molar-refractivity contribution in [3.05, 3.63) is 55.9 Å². The number of nitro groups is 1. The minimum Gasteiger partial charge on any atom is -0.464 e. The number of benzene rings is 1. The van der Waals surface area contributed by atoms with Crippen molar-refractivity contribution in [1.29, 1.82) is 0 Å². The Morgan fingerprint density at radius 2 is 1.90 bits per heavy atom. The molecule has 0 aliphatic heterocycles. The lowest BCUT2D eigenvalue weighted by Gasteiger charge is -2.15. The Labute approximate surface area is 125 Å². The molecule has 7 heteroatoms. The van der Waals surface area contributed by atoms with Crippen molar-refractivity contribution in [3.63, 3.8) is 0 Å². The number of nitro benzene ring substituents is 1. The van der Waals surface area contributed by atoms with Gasteiger partial charge < -0.3 is 9.73 Å². The van der Waals surface area contributed by atoms with Crippen LogP contribution in [0.4, 0.5) is 11.4 Å². The van der Waals surface area contributed by atoms with E-state index in [-0.39, 0.29) is 21.8 Å². The predicted molar refractivity (Wildman–Crippen MR) is 78.6 cm³/mol. The highest BCUT2D eigenvalue weighted by Crippen LogP contribution is 2.36. The molecule has 20 heavy (non-hydrogen) atoms. The number of halogens is 2. The summed E-state index contributed by atoms with van der Waals surface area (Å²) in [6.07, 6.45) is 0. The van der Waals surface area contributed by atoms with E-state index in [0.29, 0.717) is 5.69 Å². The molecule has 0 spiro atoms. The molecule has 0 amide bonds. The van der Waals surface area contributed by atoms with Crippen LogP contribution in [0.15, 0.2) is 28.7 Å². The number of anilines is 1. The van der Waals surface area contributed by atoms with Crippen LogP contribution in [0.1, 0.15) is 24.5 Å². The van der Waals surface area contributed by atoms with Crippen LogP contribution in [0, 0.1) is 17.0 Å². The molecule has 1 N–H and O–H groups in total. The van der Waals surface area contributed by atoms with Crippen LogP contribution in [0.25, 0.3) is 0 Å². The maximum atomic E-state index is 10.7. The van der Waals surface area contributed by atoms with Crippen molar-refractivity contribution in [2.24, 2.45) is 0 Å². The van der Waals surface area contributed by atoms with E-state index in [2.05, 4.69) is 5.32 Å². The van der Waals surface area contributed by atoms with Crippen molar-refractivity contribution in [1.82, 2.24) is 0 Å². The van der Waals surface area contributed by atoms with Crippen molar-refractivity contribution >= 4 is 34.6 Å². The van der Waals surface area contributed by atoms with E-state index in [9.17, 15) is 10.1 Å². The van der Waals surface area contributed by atoms with Gasteiger partial charge in [-0.25, -0.2) is 0 Å². The first-order valence-corrected chi connectivity index (χ1v) is 6.60. The largest absolute Gasteiger partial charge is 0.464 e. The number of hydrogen-bond donors (Lipinski definition) is 1. The summed E-state index contributed by atoms with van der Waals surface area (Å²) in [6, 6.07) is 6.05. The molecule has 0 saturated carbocycles. The quantitative estimate of drug-likeness (QED) is 0.638. The summed E-state index contributed by atoms with van der Waals surface area (Å²) in [6.45, 7) is 3.73. The summed E-state index contributed by atoms with van der Waals surface area (Å²) in [5, 5.41) is 14.2. The molecule has 0 aliphatic rings. The highest BCUT2D eigenvalue weighted by atomic mass is 35.5. The topological polar surface area (TPSA) is 68.3 Å². The van der Waals surface area contributed by atoms with Gasteiger partial charge >= 0.3 is 0 Å². The summed E-state index contributed by atoms with van der Waals surface area (Å²) in [5.74, 6) is 1.53. The Morgan fingerprint density at radius 1 is 1.30 bits per heavy atom. The molecule has 1 heterocycles. The van der Waals surface area contributed by atoms with Gasteiger partial charge in [-0.15, -0.1) is 0 Å². The summed E-state index contributed by atoms with van der Waals surface area (Å²) in [5.41, 5.74) is 0.299. The molecule has 0 bridgehead atoms. The molecule has 0 aliphatic carbocycles. The molecule has 1 atom stereocenters. The Balaban J connectivity index is 2.27. The first-order valence-electron chi connectivity index (χ1n) is 5.85. The Hall–Kier alpha value is -1.72. The first-order chi connectivity index (χ1) is 9.38. The molecular weight excluding hydrogens is 303 g/mol. The van der Waals surface area contributed by atoms with E-state index in [4.69, 9.17) is 27.6 Å². The molecule has 0 radical (unpaired) electrons. The second kappa shape index (κ2) is 5.73. The maximum Gasteiger partial charge on any atom is 0.272 e. The van der Waals surface area contributed by atoms with Crippen LogP contribution in [-0.2, 0) is 0 Å². The van der Waals surface area contributed by atoms with Crippen molar-refractivity contribution < 1.29 is 9.34 Å². The predicted octanol–water partition coefficient (Wildman–Crippen LogP) is 4.98. The summed E-state index contributed by atoms with van der Waals surface area (Å²) >= 11 is 12.1. The fraction of sp³-hybridized carbons (Fsp3) is 0.231. The number of non-ortho nitro benzene ring substituents is 1. The van der Waals surface area contributed by atoms with Crippen molar-refractivity contribution in [3.8, 4) is 0 Å². The van der Waals surface area contributed by atoms with Crippen LogP contribution in [-0.4, -0.2) is 4.92 Å². The average Bonchev–Trinajstić information content (AvgIpc) is 2.80.